The summed E-state index contributed by atoms with van der Waals surface area (Å²) in [6, 6.07) is 14.9. The molecule has 3 aromatic carbocycles. The zero-order chi connectivity index (χ0) is 27.5. The zero-order valence-electron chi connectivity index (χ0n) is 20.2. The maximum absolute atomic E-state index is 15.0. The number of anilines is 1. The minimum Gasteiger partial charge on any atom is -0.478 e. The first-order chi connectivity index (χ1) is 18.8. The van der Waals surface area contributed by atoms with Gasteiger partial charge in [-0.25, -0.2) is 9.18 Å². The minimum absolute atomic E-state index is 0.0000753. The molecule has 196 valence electrons. The van der Waals surface area contributed by atoms with Gasteiger partial charge in [-0.15, -0.1) is 5.10 Å². The first kappa shape index (κ1) is 25.7. The van der Waals surface area contributed by atoms with Crippen LogP contribution in [0, 0.1) is 5.82 Å². The molecule has 1 aliphatic heterocycles. The fourth-order valence-corrected chi connectivity index (χ4v) is 4.59. The van der Waals surface area contributed by atoms with Crippen molar-refractivity contribution in [2.45, 2.75) is 12.5 Å². The Bertz CT molecular complexity index is 1590. The Labute approximate surface area is 226 Å². The summed E-state index contributed by atoms with van der Waals surface area (Å²) in [7, 11) is 0. The molecule has 1 aliphatic rings. The Morgan fingerprint density at radius 1 is 1.08 bits per heavy atom. The molecule has 2 heterocycles. The van der Waals surface area contributed by atoms with Crippen molar-refractivity contribution in [2.75, 3.05) is 11.9 Å². The number of benzene rings is 3. The van der Waals surface area contributed by atoms with E-state index in [-0.39, 0.29) is 28.4 Å². The van der Waals surface area contributed by atoms with Crippen LogP contribution in [0.3, 0.4) is 0 Å². The van der Waals surface area contributed by atoms with Gasteiger partial charge in [0.15, 0.2) is 5.82 Å². The van der Waals surface area contributed by atoms with E-state index in [0.717, 1.165) is 5.56 Å². The van der Waals surface area contributed by atoms with Gasteiger partial charge in [0.1, 0.15) is 12.4 Å². The second-order valence-corrected chi connectivity index (χ2v) is 9.04. The molecule has 5 rings (SSSR count). The molecule has 2 amide bonds. The monoisotopic (exact) mass is 546 g/mol. The maximum Gasteiger partial charge on any atom is 0.335 e. The van der Waals surface area contributed by atoms with Gasteiger partial charge in [-0.3, -0.25) is 9.59 Å². The van der Waals surface area contributed by atoms with Crippen molar-refractivity contribution in [3.63, 3.8) is 0 Å². The number of tetrazole rings is 1. The minimum atomic E-state index is -1.09. The number of hydrogen-bond acceptors (Lipinski definition) is 6. The average molecular weight is 547 g/mol. The second kappa shape index (κ2) is 10.8. The van der Waals surface area contributed by atoms with E-state index in [9.17, 15) is 18.8 Å². The predicted octanol–water partition coefficient (Wildman–Crippen LogP) is 3.93. The SMILES string of the molecule is O=C(O)c1ccc(NC(=O)C2c3ccccc3CCN2C(=O)/C=C/c2c(-n3cnnn3)ccc(Cl)c2F)cc1. The molecule has 2 N–H and O–H groups in total. The summed E-state index contributed by atoms with van der Waals surface area (Å²) in [4.78, 5) is 39.5. The van der Waals surface area contributed by atoms with Crippen molar-refractivity contribution >= 4 is 41.1 Å². The predicted molar refractivity (Wildman–Crippen MR) is 140 cm³/mol. The topological polar surface area (TPSA) is 130 Å². The Morgan fingerprint density at radius 2 is 1.85 bits per heavy atom. The lowest BCUT2D eigenvalue weighted by Gasteiger charge is -2.35. The number of hydrogen-bond donors (Lipinski definition) is 2. The normalized spacial score (nSPS) is 14.7. The van der Waals surface area contributed by atoms with Crippen molar-refractivity contribution in [3.8, 4) is 5.69 Å². The van der Waals surface area contributed by atoms with Crippen molar-refractivity contribution in [1.82, 2.24) is 25.1 Å². The van der Waals surface area contributed by atoms with Gasteiger partial charge in [-0.2, -0.15) is 4.68 Å². The molecule has 10 nitrogen and oxygen atoms in total. The number of amides is 2. The number of nitrogens with one attached hydrogen (secondary N) is 1. The Hall–Kier alpha value is -4.90. The fraction of sp³-hybridized carbons (Fsp3) is 0.111. The van der Waals surface area contributed by atoms with Crippen LogP contribution >= 0.6 is 11.6 Å². The van der Waals surface area contributed by atoms with Gasteiger partial charge in [-0.1, -0.05) is 35.9 Å². The first-order valence-corrected chi connectivity index (χ1v) is 12.1. The Balaban J connectivity index is 1.45. The molecule has 0 saturated heterocycles. The highest BCUT2D eigenvalue weighted by Crippen LogP contribution is 2.32. The summed E-state index contributed by atoms with van der Waals surface area (Å²) in [5.41, 5.74) is 2.31. The van der Waals surface area contributed by atoms with E-state index in [2.05, 4.69) is 20.8 Å². The number of carboxylic acids is 1. The highest BCUT2D eigenvalue weighted by molar-refractivity contribution is 6.31. The molecule has 0 radical (unpaired) electrons. The van der Waals surface area contributed by atoms with E-state index in [4.69, 9.17) is 16.7 Å². The molecule has 1 atom stereocenters. The molecule has 0 bridgehead atoms. The summed E-state index contributed by atoms with van der Waals surface area (Å²) in [6.45, 7) is 0.244. The average Bonchev–Trinajstić information content (AvgIpc) is 3.48. The number of halogens is 2. The number of aromatic carboxylic acids is 1. The largest absolute Gasteiger partial charge is 0.478 e. The number of fused-ring (bicyclic) bond motifs is 1. The number of nitrogens with zero attached hydrogens (tertiary/aromatic N) is 5. The Kier molecular flexibility index (Phi) is 7.15. The van der Waals surface area contributed by atoms with Crippen LogP contribution in [0.25, 0.3) is 11.8 Å². The third-order valence-electron chi connectivity index (χ3n) is 6.31. The number of aromatic nitrogens is 4. The van der Waals surface area contributed by atoms with Crippen LogP contribution in [0.2, 0.25) is 5.02 Å². The molecule has 1 unspecified atom stereocenters. The molecule has 0 fully saturated rings. The molecular formula is C27H20ClFN6O4. The van der Waals surface area contributed by atoms with Crippen LogP contribution in [0.1, 0.15) is 33.1 Å². The van der Waals surface area contributed by atoms with E-state index in [1.807, 2.05) is 12.1 Å². The lowest BCUT2D eigenvalue weighted by molar-refractivity contribution is -0.135. The van der Waals surface area contributed by atoms with Crippen LogP contribution in [0.4, 0.5) is 10.1 Å². The third kappa shape index (κ3) is 5.25. The van der Waals surface area contributed by atoms with Crippen molar-refractivity contribution in [1.29, 1.82) is 0 Å². The summed E-state index contributed by atoms with van der Waals surface area (Å²) in [6.07, 6.45) is 4.26. The van der Waals surface area contributed by atoms with Crippen LogP contribution in [0.15, 0.2) is 73.1 Å². The molecule has 0 saturated carbocycles. The smallest absolute Gasteiger partial charge is 0.335 e. The van der Waals surface area contributed by atoms with Gasteiger partial charge in [0.25, 0.3) is 5.91 Å². The number of carbonyl (C=O) groups excluding carboxylic acids is 2. The van der Waals surface area contributed by atoms with E-state index < -0.39 is 29.6 Å². The molecule has 0 spiro atoms. The van der Waals surface area contributed by atoms with Crippen molar-refractivity contribution in [2.24, 2.45) is 0 Å². The van der Waals surface area contributed by atoms with Gasteiger partial charge in [0.05, 0.1) is 16.3 Å². The summed E-state index contributed by atoms with van der Waals surface area (Å²) in [5, 5.41) is 22.7. The Morgan fingerprint density at radius 3 is 2.56 bits per heavy atom. The van der Waals surface area contributed by atoms with Crippen molar-refractivity contribution in [3.05, 3.63) is 106 Å². The fourth-order valence-electron chi connectivity index (χ4n) is 4.43. The van der Waals surface area contributed by atoms with E-state index in [1.54, 1.807) is 12.1 Å². The summed E-state index contributed by atoms with van der Waals surface area (Å²) in [5.74, 6) is -2.84. The molecular weight excluding hydrogens is 527 g/mol. The lowest BCUT2D eigenvalue weighted by Crippen LogP contribution is -2.44. The lowest BCUT2D eigenvalue weighted by atomic mass is 9.91. The first-order valence-electron chi connectivity index (χ1n) is 11.8. The van der Waals surface area contributed by atoms with Gasteiger partial charge < -0.3 is 15.3 Å². The maximum atomic E-state index is 15.0. The molecule has 1 aromatic heterocycles. The van der Waals surface area contributed by atoms with Gasteiger partial charge >= 0.3 is 5.97 Å². The van der Waals surface area contributed by atoms with Crippen LogP contribution in [0.5, 0.6) is 0 Å². The quantitative estimate of drug-likeness (QED) is 0.350. The number of carbonyl (C=O) groups is 3. The second-order valence-electron chi connectivity index (χ2n) is 8.64. The van der Waals surface area contributed by atoms with E-state index in [1.165, 1.54) is 64.5 Å². The third-order valence-corrected chi connectivity index (χ3v) is 6.60. The van der Waals surface area contributed by atoms with Crippen LogP contribution in [-0.4, -0.2) is 54.5 Å². The van der Waals surface area contributed by atoms with E-state index >= 15 is 0 Å². The molecule has 4 aromatic rings. The van der Waals surface area contributed by atoms with Crippen molar-refractivity contribution < 1.29 is 23.9 Å². The van der Waals surface area contributed by atoms with Gasteiger partial charge in [0.2, 0.25) is 5.91 Å². The van der Waals surface area contributed by atoms with Gasteiger partial charge in [-0.05, 0) is 70.4 Å². The zero-order valence-corrected chi connectivity index (χ0v) is 20.9. The summed E-state index contributed by atoms with van der Waals surface area (Å²) < 4.78 is 16.2. The number of rotatable bonds is 6. The summed E-state index contributed by atoms with van der Waals surface area (Å²) >= 11 is 5.99. The highest BCUT2D eigenvalue weighted by Gasteiger charge is 2.35. The molecule has 0 aliphatic carbocycles. The highest BCUT2D eigenvalue weighted by atomic mass is 35.5. The van der Waals surface area contributed by atoms with Crippen LogP contribution < -0.4 is 5.32 Å². The number of carboxylic acid groups (broad SMARTS) is 1. The molecule has 12 heteroatoms. The standard InChI is InChI=1S/C27H20ClFN6O4/c28-21-10-11-22(35-15-30-32-33-35)20(24(21)29)9-12-23(36)34-14-13-16-3-1-2-4-19(16)25(34)26(37)31-18-7-5-17(6-8-18)27(38)39/h1-12,15,25H,13-14H2,(H,31,37)(H,38,39)/b12-9+. The molecule has 39 heavy (non-hydrogen) atoms. The van der Waals surface area contributed by atoms with Crippen LogP contribution in [-0.2, 0) is 16.0 Å². The van der Waals surface area contributed by atoms with Gasteiger partial charge in [0, 0.05) is 23.9 Å². The van der Waals surface area contributed by atoms with E-state index in [0.29, 0.717) is 17.7 Å².